The molecular weight excluding hydrogens is 1000 g/mol. The maximum absolute atomic E-state index is 15.3. The molecule has 386 valence electrons. The fourth-order valence-corrected chi connectivity index (χ4v) is 7.45. The number of carboxylic acid groups (broad SMARTS) is 2. The third kappa shape index (κ3) is 19.2. The quantitative estimate of drug-likeness (QED) is 0.0435. The van der Waals surface area contributed by atoms with Crippen LogP contribution in [0.2, 0.25) is 0 Å². The Morgan fingerprint density at radius 3 is 2.01 bits per heavy atom. The maximum atomic E-state index is 15.3. The van der Waals surface area contributed by atoms with Crippen molar-refractivity contribution < 1.29 is 72.0 Å². The molecule has 8 amide bonds. The fraction of sp³-hybridized carbons (Fsp3) is 0.435. The van der Waals surface area contributed by atoms with Crippen LogP contribution in [0.1, 0.15) is 70.2 Å². The summed E-state index contributed by atoms with van der Waals surface area (Å²) in [5.74, 6) is -11.5. The molecule has 0 saturated carbocycles. The number of halogens is 3. The lowest BCUT2D eigenvalue weighted by atomic mass is 9.82. The number of carbonyl (C=O) groups excluding carboxylic acids is 8. The zero-order chi connectivity index (χ0) is 53.0. The number of amides is 8. The summed E-state index contributed by atoms with van der Waals surface area (Å²) in [6, 6.07) is 7.55. The number of aliphatic carboxylic acids is 2. The van der Waals surface area contributed by atoms with Crippen molar-refractivity contribution in [2.75, 3.05) is 38.1 Å². The molecule has 11 N–H and O–H groups in total. The summed E-state index contributed by atoms with van der Waals surface area (Å²) in [6.45, 7) is 2.30. The number of alkyl halides is 1. The molecule has 0 aliphatic rings. The first-order valence-electron chi connectivity index (χ1n) is 22.0. The van der Waals surface area contributed by atoms with Gasteiger partial charge in [-0.3, -0.25) is 43.2 Å². The zero-order valence-electron chi connectivity index (χ0n) is 39.1. The predicted molar refractivity (Wildman–Crippen MR) is 252 cm³/mol. The van der Waals surface area contributed by atoms with E-state index in [1.165, 1.54) is 4.90 Å². The first kappa shape index (κ1) is 58.0. The third-order valence-corrected chi connectivity index (χ3v) is 11.0. The fourth-order valence-electron chi connectivity index (χ4n) is 7.25. The van der Waals surface area contributed by atoms with Crippen molar-refractivity contribution in [2.24, 2.45) is 11.1 Å². The zero-order valence-corrected chi connectivity index (χ0v) is 40.7. The molecular formula is C46H58BrF2N9O13. The molecule has 71 heavy (non-hydrogen) atoms. The molecule has 0 bridgehead atoms. The predicted octanol–water partition coefficient (Wildman–Crippen LogP) is 0.193. The van der Waals surface area contributed by atoms with Gasteiger partial charge in [0.2, 0.25) is 47.3 Å². The normalized spacial score (nSPS) is 12.8. The van der Waals surface area contributed by atoms with E-state index in [0.717, 1.165) is 23.8 Å². The van der Waals surface area contributed by atoms with Crippen molar-refractivity contribution in [3.8, 4) is 11.1 Å². The van der Waals surface area contributed by atoms with Gasteiger partial charge in [-0.2, -0.15) is 0 Å². The summed E-state index contributed by atoms with van der Waals surface area (Å²) in [4.78, 5) is 127. The maximum Gasteiger partial charge on any atom is 0.326 e. The van der Waals surface area contributed by atoms with E-state index in [9.17, 15) is 62.5 Å². The van der Waals surface area contributed by atoms with Crippen LogP contribution >= 0.6 is 15.9 Å². The topological polar surface area (TPSA) is 338 Å². The van der Waals surface area contributed by atoms with Crippen LogP contribution in [0.25, 0.3) is 11.1 Å². The molecule has 0 fully saturated rings. The van der Waals surface area contributed by atoms with Crippen molar-refractivity contribution in [3.63, 3.8) is 0 Å². The number of hydrogen-bond donors (Lipinski definition) is 10. The highest BCUT2D eigenvalue weighted by molar-refractivity contribution is 9.09. The number of aliphatic hydroxyl groups excluding tert-OH is 1. The van der Waals surface area contributed by atoms with Gasteiger partial charge in [-0.05, 0) is 48.1 Å². The number of aromatic nitrogens is 1. The van der Waals surface area contributed by atoms with Crippen molar-refractivity contribution in [3.05, 3.63) is 83.7 Å². The van der Waals surface area contributed by atoms with Crippen LogP contribution in [0, 0.1) is 17.0 Å². The van der Waals surface area contributed by atoms with Gasteiger partial charge in [0.05, 0.1) is 30.9 Å². The smallest absolute Gasteiger partial charge is 0.326 e. The van der Waals surface area contributed by atoms with Crippen LogP contribution in [0.15, 0.2) is 60.8 Å². The third-order valence-electron chi connectivity index (χ3n) is 10.5. The lowest BCUT2D eigenvalue weighted by Gasteiger charge is -2.41. The summed E-state index contributed by atoms with van der Waals surface area (Å²) in [5.41, 5.74) is 5.81. The number of nitrogens with one attached hydrogen (secondary N) is 6. The van der Waals surface area contributed by atoms with E-state index in [4.69, 9.17) is 10.8 Å². The molecule has 0 aliphatic heterocycles. The highest BCUT2D eigenvalue weighted by Gasteiger charge is 2.38. The van der Waals surface area contributed by atoms with Crippen LogP contribution in [0.4, 0.5) is 8.78 Å². The van der Waals surface area contributed by atoms with Crippen molar-refractivity contribution in [2.45, 2.75) is 83.6 Å². The van der Waals surface area contributed by atoms with Crippen molar-refractivity contribution >= 4 is 75.1 Å². The molecule has 0 aliphatic carbocycles. The Bertz CT molecular complexity index is 2420. The van der Waals surface area contributed by atoms with Gasteiger partial charge in [0.15, 0.2) is 0 Å². The summed E-state index contributed by atoms with van der Waals surface area (Å²) in [5, 5.41) is 42.5. The average Bonchev–Trinajstić information content (AvgIpc) is 3.71. The lowest BCUT2D eigenvalue weighted by molar-refractivity contribution is -0.143. The Morgan fingerprint density at radius 2 is 1.41 bits per heavy atom. The Kier molecular flexibility index (Phi) is 22.7. The second-order valence-electron chi connectivity index (χ2n) is 17.2. The largest absolute Gasteiger partial charge is 0.481 e. The van der Waals surface area contributed by atoms with Gasteiger partial charge in [-0.25, -0.2) is 13.6 Å². The number of hydrogen-bond acceptors (Lipinski definition) is 11. The van der Waals surface area contributed by atoms with Crippen LogP contribution < -0.4 is 37.6 Å². The lowest BCUT2D eigenvalue weighted by Crippen LogP contribution is -2.56. The highest BCUT2D eigenvalue weighted by atomic mass is 79.9. The van der Waals surface area contributed by atoms with Gasteiger partial charge in [-0.15, -0.1) is 0 Å². The van der Waals surface area contributed by atoms with E-state index >= 15 is 4.39 Å². The summed E-state index contributed by atoms with van der Waals surface area (Å²) >= 11 is 2.92. The van der Waals surface area contributed by atoms with Gasteiger partial charge in [0, 0.05) is 55.5 Å². The van der Waals surface area contributed by atoms with Gasteiger partial charge in [-0.1, -0.05) is 67.0 Å². The molecule has 0 spiro atoms. The standard InChI is InChI=1S/C46H58BrF2N9O13/c1-46(2,3)42(34-17-27(29-18-28(48)9-10-30(29)49)24-57(34)23-26-7-5-4-6-8-26)58(40(65)25-59)16-14-31(43(68)51-15-13-36(61)54-32(45(70)71)11-12-41(66)67)56-44(69)33(19-35(50)60)55-39(64)22-53-38(63)21-52-37(62)20-47/h4-10,17-18,24,31-33,42,59H,11-16,19-23,25H2,1-3H3,(H2,50,60)(H,51,68)(H,52,62)(H,53,63)(H,54,61)(H,55,64)(H,56,69)(H,66,67)(H,70,71)/t31?,32-,33?,42?/m1/s1. The van der Waals surface area contributed by atoms with Crippen LogP contribution in [0.3, 0.4) is 0 Å². The Morgan fingerprint density at radius 1 is 0.761 bits per heavy atom. The molecule has 4 atom stereocenters. The molecule has 3 unspecified atom stereocenters. The van der Waals surface area contributed by atoms with Gasteiger partial charge in [0.1, 0.15) is 36.4 Å². The van der Waals surface area contributed by atoms with E-state index in [-0.39, 0.29) is 23.0 Å². The Hall–Kier alpha value is -7.28. The molecule has 0 saturated heterocycles. The van der Waals surface area contributed by atoms with Crippen molar-refractivity contribution in [1.82, 2.24) is 41.4 Å². The van der Waals surface area contributed by atoms with Crippen molar-refractivity contribution in [1.29, 1.82) is 0 Å². The van der Waals surface area contributed by atoms with E-state index in [1.54, 1.807) is 55.8 Å². The Balaban J connectivity index is 2.04. The van der Waals surface area contributed by atoms with Crippen LogP contribution in [-0.2, 0) is 54.5 Å². The molecule has 22 nitrogen and oxygen atoms in total. The summed E-state index contributed by atoms with van der Waals surface area (Å²) < 4.78 is 31.6. The molecule has 3 aromatic rings. The second-order valence-corrected chi connectivity index (χ2v) is 17.7. The van der Waals surface area contributed by atoms with E-state index < -0.39 is 165 Å². The van der Waals surface area contributed by atoms with Gasteiger partial charge < -0.3 is 62.4 Å². The number of aliphatic hydroxyl groups is 1. The average molecular weight is 1060 g/mol. The summed E-state index contributed by atoms with van der Waals surface area (Å²) in [7, 11) is 0. The molecule has 1 aromatic heterocycles. The number of rotatable bonds is 28. The second kappa shape index (κ2) is 27.8. The number of nitrogens with two attached hydrogens (primary N) is 1. The van der Waals surface area contributed by atoms with E-state index in [0.29, 0.717) is 5.69 Å². The minimum atomic E-state index is -1.76. The SMILES string of the molecule is CC(C)(C)C(c1cc(-c2cc(F)ccc2F)cn1Cc1ccccc1)N(CCC(NC(=O)C(CC(N)=O)NC(=O)CNC(=O)CNC(=O)CBr)C(=O)NCCC(=O)N[C@H](CCC(=O)O)C(=O)O)C(=O)CO. The molecule has 1 heterocycles. The molecule has 0 radical (unpaired) electrons. The van der Waals surface area contributed by atoms with Gasteiger partial charge >= 0.3 is 11.9 Å². The number of benzene rings is 2. The number of carbonyl (C=O) groups is 10. The first-order valence-corrected chi connectivity index (χ1v) is 23.1. The van der Waals surface area contributed by atoms with E-state index in [1.807, 2.05) is 12.1 Å². The molecule has 25 heteroatoms. The molecule has 2 aromatic carbocycles. The van der Waals surface area contributed by atoms with Crippen LogP contribution in [-0.4, -0.2) is 140 Å². The van der Waals surface area contributed by atoms with Gasteiger partial charge in [0.25, 0.3) is 0 Å². The Labute approximate surface area is 415 Å². The number of nitrogens with zero attached hydrogens (tertiary/aromatic N) is 2. The number of primary amides is 1. The van der Waals surface area contributed by atoms with Crippen LogP contribution in [0.5, 0.6) is 0 Å². The monoisotopic (exact) mass is 1060 g/mol. The number of carboxylic acids is 2. The molecule has 3 rings (SSSR count). The summed E-state index contributed by atoms with van der Waals surface area (Å²) in [6.07, 6.45) is -1.25. The minimum absolute atomic E-state index is 0.0867. The van der Waals surface area contributed by atoms with E-state index in [2.05, 4.69) is 47.8 Å². The minimum Gasteiger partial charge on any atom is -0.481 e. The highest BCUT2D eigenvalue weighted by Crippen LogP contribution is 2.41. The first-order chi connectivity index (χ1) is 33.4.